The minimum atomic E-state index is -3.99. The van der Waals surface area contributed by atoms with E-state index >= 15 is 0 Å². The molecule has 0 aliphatic rings. The Hall–Kier alpha value is -2.84. The Labute approximate surface area is 197 Å². The fourth-order valence-electron chi connectivity index (χ4n) is 2.77. The molecule has 1 amide bonds. The zero-order valence-electron chi connectivity index (χ0n) is 16.9. The number of anilines is 1. The van der Waals surface area contributed by atoms with Crippen LogP contribution in [0, 0.1) is 0 Å². The Morgan fingerprint density at radius 2 is 1.62 bits per heavy atom. The third kappa shape index (κ3) is 6.11. The van der Waals surface area contributed by atoms with Gasteiger partial charge in [0.2, 0.25) is 15.9 Å². The predicted molar refractivity (Wildman–Crippen MR) is 127 cm³/mol. The molecular formula is C23H20Cl2N2O4S. The van der Waals surface area contributed by atoms with Gasteiger partial charge in [-0.3, -0.25) is 4.79 Å². The molecule has 0 aliphatic carbocycles. The van der Waals surface area contributed by atoms with E-state index in [9.17, 15) is 13.2 Å². The highest BCUT2D eigenvalue weighted by Crippen LogP contribution is 2.27. The zero-order chi connectivity index (χ0) is 23.1. The molecule has 32 heavy (non-hydrogen) atoms. The second-order valence-electron chi connectivity index (χ2n) is 6.65. The van der Waals surface area contributed by atoms with Crippen LogP contribution in [0.5, 0.6) is 11.5 Å². The van der Waals surface area contributed by atoms with E-state index in [4.69, 9.17) is 27.9 Å². The summed E-state index contributed by atoms with van der Waals surface area (Å²) in [7, 11) is -3.99. The largest absolute Gasteiger partial charge is 0.457 e. The number of amides is 1. The summed E-state index contributed by atoms with van der Waals surface area (Å²) in [5.41, 5.74) is 0.501. The topological polar surface area (TPSA) is 75.7 Å². The molecule has 0 aromatic heterocycles. The minimum absolute atomic E-state index is 0.0557. The third-order valence-corrected chi connectivity index (χ3v) is 6.85. The van der Waals surface area contributed by atoms with Crippen LogP contribution in [0.25, 0.3) is 0 Å². The Kier molecular flexibility index (Phi) is 7.93. The van der Waals surface area contributed by atoms with E-state index in [0.29, 0.717) is 17.2 Å². The lowest BCUT2D eigenvalue weighted by Crippen LogP contribution is -2.38. The van der Waals surface area contributed by atoms with E-state index in [-0.39, 0.29) is 21.5 Å². The molecule has 0 atom stereocenters. The number of rotatable bonds is 9. The summed E-state index contributed by atoms with van der Waals surface area (Å²) in [6.45, 7) is 3.11. The number of carbonyl (C=O) groups excluding carboxylic acids is 1. The van der Waals surface area contributed by atoms with Gasteiger partial charge in [-0.15, -0.1) is 6.58 Å². The van der Waals surface area contributed by atoms with Gasteiger partial charge in [-0.2, -0.15) is 4.31 Å². The number of hydrogen-bond acceptors (Lipinski definition) is 4. The molecule has 3 rings (SSSR count). The molecule has 0 saturated heterocycles. The van der Waals surface area contributed by atoms with Gasteiger partial charge >= 0.3 is 0 Å². The lowest BCUT2D eigenvalue weighted by molar-refractivity contribution is -0.116. The summed E-state index contributed by atoms with van der Waals surface area (Å²) >= 11 is 11.8. The first kappa shape index (κ1) is 23.8. The molecule has 9 heteroatoms. The van der Waals surface area contributed by atoms with Gasteiger partial charge in [0.25, 0.3) is 0 Å². The summed E-state index contributed by atoms with van der Waals surface area (Å²) in [5, 5.41) is 3.02. The number of para-hydroxylation sites is 1. The summed E-state index contributed by atoms with van der Waals surface area (Å²) in [4.78, 5) is 12.5. The minimum Gasteiger partial charge on any atom is -0.457 e. The van der Waals surface area contributed by atoms with Crippen LogP contribution in [0.3, 0.4) is 0 Å². The first-order chi connectivity index (χ1) is 15.3. The van der Waals surface area contributed by atoms with Crippen molar-refractivity contribution in [2.75, 3.05) is 18.4 Å². The highest BCUT2D eigenvalue weighted by atomic mass is 35.5. The number of carbonyl (C=O) groups is 1. The molecule has 6 nitrogen and oxygen atoms in total. The van der Waals surface area contributed by atoms with Crippen molar-refractivity contribution in [3.8, 4) is 11.5 Å². The summed E-state index contributed by atoms with van der Waals surface area (Å²) in [6.07, 6.45) is 1.40. The molecule has 0 radical (unpaired) electrons. The Bertz CT molecular complexity index is 1200. The van der Waals surface area contributed by atoms with Crippen LogP contribution in [0.4, 0.5) is 5.69 Å². The average molecular weight is 491 g/mol. The van der Waals surface area contributed by atoms with Crippen molar-refractivity contribution in [1.82, 2.24) is 4.31 Å². The van der Waals surface area contributed by atoms with Crippen LogP contribution >= 0.6 is 23.2 Å². The van der Waals surface area contributed by atoms with E-state index in [0.717, 1.165) is 4.31 Å². The molecule has 0 spiro atoms. The molecule has 1 N–H and O–H groups in total. The number of nitrogens with one attached hydrogen (secondary N) is 1. The van der Waals surface area contributed by atoms with Crippen LogP contribution in [-0.4, -0.2) is 31.7 Å². The zero-order valence-corrected chi connectivity index (χ0v) is 19.2. The summed E-state index contributed by atoms with van der Waals surface area (Å²) in [6, 6.07) is 20.0. The number of ether oxygens (including phenoxy) is 1. The summed E-state index contributed by atoms with van der Waals surface area (Å²) < 4.78 is 32.7. The van der Waals surface area contributed by atoms with Gasteiger partial charge in [0.05, 0.1) is 21.5 Å². The first-order valence-corrected chi connectivity index (χ1v) is 11.7. The van der Waals surface area contributed by atoms with E-state index in [2.05, 4.69) is 11.9 Å². The normalized spacial score (nSPS) is 11.2. The van der Waals surface area contributed by atoms with Crippen molar-refractivity contribution in [3.63, 3.8) is 0 Å². The van der Waals surface area contributed by atoms with Gasteiger partial charge in [-0.05, 0) is 54.6 Å². The highest BCUT2D eigenvalue weighted by Gasteiger charge is 2.26. The molecule has 3 aromatic rings. The Morgan fingerprint density at radius 1 is 0.969 bits per heavy atom. The number of nitrogens with zero attached hydrogens (tertiary/aromatic N) is 1. The van der Waals surface area contributed by atoms with E-state index in [1.807, 2.05) is 30.3 Å². The fraction of sp³-hybridized carbons (Fsp3) is 0.0870. The monoisotopic (exact) mass is 490 g/mol. The van der Waals surface area contributed by atoms with Crippen molar-refractivity contribution in [3.05, 3.63) is 95.5 Å². The second-order valence-corrected chi connectivity index (χ2v) is 9.40. The van der Waals surface area contributed by atoms with Crippen molar-refractivity contribution < 1.29 is 17.9 Å². The molecule has 0 heterocycles. The molecule has 3 aromatic carbocycles. The van der Waals surface area contributed by atoms with Crippen molar-refractivity contribution in [2.24, 2.45) is 0 Å². The third-order valence-electron chi connectivity index (χ3n) is 4.30. The van der Waals surface area contributed by atoms with Gasteiger partial charge in [0.1, 0.15) is 11.5 Å². The van der Waals surface area contributed by atoms with Crippen LogP contribution in [0.15, 0.2) is 90.3 Å². The second kappa shape index (κ2) is 10.7. The fourth-order valence-corrected chi connectivity index (χ4v) is 4.53. The van der Waals surface area contributed by atoms with E-state index in [1.54, 1.807) is 24.3 Å². The maximum absolute atomic E-state index is 13.0. The van der Waals surface area contributed by atoms with Gasteiger partial charge in [0, 0.05) is 12.2 Å². The van der Waals surface area contributed by atoms with E-state index in [1.165, 1.54) is 24.3 Å². The lowest BCUT2D eigenvalue weighted by atomic mass is 10.3. The Morgan fingerprint density at radius 3 is 2.25 bits per heavy atom. The SMILES string of the molecule is C=CCN(CC(=O)Nc1ccc(Oc2ccccc2)cc1)S(=O)(=O)c1ccc(Cl)c(Cl)c1. The predicted octanol–water partition coefficient (Wildman–Crippen LogP) is 5.60. The lowest BCUT2D eigenvalue weighted by Gasteiger charge is -2.20. The highest BCUT2D eigenvalue weighted by molar-refractivity contribution is 7.89. The smallest absolute Gasteiger partial charge is 0.243 e. The molecular weight excluding hydrogens is 471 g/mol. The van der Waals surface area contributed by atoms with Crippen molar-refractivity contribution in [2.45, 2.75) is 4.90 Å². The van der Waals surface area contributed by atoms with Crippen LogP contribution in [0.1, 0.15) is 0 Å². The van der Waals surface area contributed by atoms with Crippen LogP contribution in [-0.2, 0) is 14.8 Å². The molecule has 166 valence electrons. The maximum Gasteiger partial charge on any atom is 0.243 e. The number of benzene rings is 3. The van der Waals surface area contributed by atoms with Gasteiger partial charge in [-0.1, -0.05) is 47.5 Å². The first-order valence-electron chi connectivity index (χ1n) is 9.48. The quantitative estimate of drug-likeness (QED) is 0.396. The maximum atomic E-state index is 13.0. The molecule has 0 fully saturated rings. The molecule has 0 aliphatic heterocycles. The number of sulfonamides is 1. The Balaban J connectivity index is 1.68. The number of hydrogen-bond donors (Lipinski definition) is 1. The van der Waals surface area contributed by atoms with Crippen LogP contribution in [0.2, 0.25) is 10.0 Å². The summed E-state index contributed by atoms with van der Waals surface area (Å²) in [5.74, 6) is 0.786. The molecule has 0 bridgehead atoms. The number of halogens is 2. The van der Waals surface area contributed by atoms with Gasteiger partial charge in [-0.25, -0.2) is 8.42 Å². The van der Waals surface area contributed by atoms with Gasteiger partial charge in [0.15, 0.2) is 0 Å². The molecule has 0 saturated carbocycles. The van der Waals surface area contributed by atoms with E-state index < -0.39 is 22.5 Å². The van der Waals surface area contributed by atoms with Crippen LogP contribution < -0.4 is 10.1 Å². The standard InChI is InChI=1S/C23H20Cl2N2O4S/c1-2-14-27(32(29,30)20-12-13-21(24)22(25)15-20)16-23(28)26-17-8-10-19(11-9-17)31-18-6-4-3-5-7-18/h2-13,15H,1,14,16H2,(H,26,28). The molecule has 0 unspecified atom stereocenters. The van der Waals surface area contributed by atoms with Crippen molar-refractivity contribution in [1.29, 1.82) is 0 Å². The van der Waals surface area contributed by atoms with Crippen molar-refractivity contribution >= 4 is 44.8 Å². The van der Waals surface area contributed by atoms with Gasteiger partial charge < -0.3 is 10.1 Å². The average Bonchev–Trinajstić information content (AvgIpc) is 2.77.